The molecule has 158 valence electrons. The number of carbonyl (C=O) groups excluding carboxylic acids is 1. The monoisotopic (exact) mass is 400 g/mol. The number of hydrogen-bond donors (Lipinski definition) is 4. The van der Waals surface area contributed by atoms with Crippen molar-refractivity contribution in [3.05, 3.63) is 0 Å². The predicted molar refractivity (Wildman–Crippen MR) is 95.8 cm³/mol. The van der Waals surface area contributed by atoms with Crippen LogP contribution in [0.5, 0.6) is 0 Å². The summed E-state index contributed by atoms with van der Waals surface area (Å²) >= 11 is 0. The van der Waals surface area contributed by atoms with Gasteiger partial charge in [-0.25, -0.2) is 0 Å². The lowest BCUT2D eigenvalue weighted by atomic mass is 9.61. The fraction of sp³-hybridized carbons (Fsp3) is 0.737. The molecule has 4 N–H and O–H groups in total. The van der Waals surface area contributed by atoms with Gasteiger partial charge >= 0.3 is 23.9 Å². The van der Waals surface area contributed by atoms with E-state index in [1.807, 2.05) is 0 Å². The fourth-order valence-electron chi connectivity index (χ4n) is 4.31. The quantitative estimate of drug-likeness (QED) is 0.360. The summed E-state index contributed by atoms with van der Waals surface area (Å²) in [5.74, 6) is -4.77. The number of carboxylic acids is 4. The standard InChI is InChI=1S/C19H28O9/c20-13(21)3-9-18(10-4-14(22)23)7-1-2-8-19(17(18)28,11-5-15(24)25)12-6-16(26)27/h1-12H2,(H,20,21)(H,22,23)(H,24,25)(H,26,27). The van der Waals surface area contributed by atoms with Crippen LogP contribution >= 0.6 is 0 Å². The van der Waals surface area contributed by atoms with E-state index >= 15 is 0 Å². The van der Waals surface area contributed by atoms with Crippen molar-refractivity contribution in [3.8, 4) is 0 Å². The first kappa shape index (κ1) is 23.6. The molecule has 9 heteroatoms. The van der Waals surface area contributed by atoms with Crippen LogP contribution in [0.1, 0.15) is 77.0 Å². The summed E-state index contributed by atoms with van der Waals surface area (Å²) in [4.78, 5) is 58.2. The largest absolute Gasteiger partial charge is 0.481 e. The van der Waals surface area contributed by atoms with Crippen LogP contribution in [-0.2, 0) is 24.0 Å². The van der Waals surface area contributed by atoms with E-state index in [1.54, 1.807) is 0 Å². The smallest absolute Gasteiger partial charge is 0.303 e. The molecule has 0 radical (unpaired) electrons. The zero-order valence-corrected chi connectivity index (χ0v) is 15.8. The van der Waals surface area contributed by atoms with Gasteiger partial charge in [-0.2, -0.15) is 0 Å². The summed E-state index contributed by atoms with van der Waals surface area (Å²) in [6.07, 6.45) is 0.457. The molecule has 0 aliphatic heterocycles. The molecule has 1 aliphatic rings. The minimum absolute atomic E-state index is 0.0314. The molecule has 0 unspecified atom stereocenters. The molecule has 0 aromatic heterocycles. The van der Waals surface area contributed by atoms with Crippen LogP contribution < -0.4 is 0 Å². The van der Waals surface area contributed by atoms with Crippen molar-refractivity contribution in [1.29, 1.82) is 0 Å². The van der Waals surface area contributed by atoms with E-state index in [-0.39, 0.29) is 57.1 Å². The number of aliphatic carboxylic acids is 4. The van der Waals surface area contributed by atoms with E-state index in [0.29, 0.717) is 25.7 Å². The second-order valence-electron chi connectivity index (χ2n) is 7.67. The minimum atomic E-state index is -1.19. The summed E-state index contributed by atoms with van der Waals surface area (Å²) in [5, 5.41) is 36.4. The first-order valence-electron chi connectivity index (χ1n) is 9.45. The van der Waals surface area contributed by atoms with Gasteiger partial charge < -0.3 is 20.4 Å². The van der Waals surface area contributed by atoms with Gasteiger partial charge in [0, 0.05) is 36.5 Å². The number of rotatable bonds is 12. The van der Waals surface area contributed by atoms with Crippen LogP contribution in [-0.4, -0.2) is 50.1 Å². The highest BCUT2D eigenvalue weighted by molar-refractivity contribution is 5.92. The Morgan fingerprint density at radius 1 is 0.607 bits per heavy atom. The number of carboxylic acid groups (broad SMARTS) is 4. The Hall–Kier alpha value is -2.45. The Kier molecular flexibility index (Phi) is 8.59. The molecule has 0 atom stereocenters. The van der Waals surface area contributed by atoms with E-state index < -0.39 is 34.7 Å². The normalized spacial score (nSPS) is 18.2. The molecule has 9 nitrogen and oxygen atoms in total. The van der Waals surface area contributed by atoms with Crippen molar-refractivity contribution in [3.63, 3.8) is 0 Å². The second kappa shape index (κ2) is 10.2. The zero-order chi connectivity index (χ0) is 21.4. The molecule has 0 spiro atoms. The molecule has 0 amide bonds. The van der Waals surface area contributed by atoms with Crippen LogP contribution in [0.4, 0.5) is 0 Å². The summed E-state index contributed by atoms with van der Waals surface area (Å²) in [6.45, 7) is 0. The third-order valence-corrected chi connectivity index (χ3v) is 5.79. The second-order valence-corrected chi connectivity index (χ2v) is 7.67. The lowest BCUT2D eigenvalue weighted by Gasteiger charge is -2.40. The summed E-state index contributed by atoms with van der Waals surface area (Å²) in [6, 6.07) is 0. The van der Waals surface area contributed by atoms with Crippen molar-refractivity contribution in [1.82, 2.24) is 0 Å². The van der Waals surface area contributed by atoms with Gasteiger partial charge in [0.15, 0.2) is 0 Å². The van der Waals surface area contributed by atoms with Crippen molar-refractivity contribution < 1.29 is 44.4 Å². The summed E-state index contributed by atoms with van der Waals surface area (Å²) < 4.78 is 0. The fourth-order valence-corrected chi connectivity index (χ4v) is 4.31. The van der Waals surface area contributed by atoms with Crippen LogP contribution in [0, 0.1) is 10.8 Å². The van der Waals surface area contributed by atoms with Gasteiger partial charge in [-0.3, -0.25) is 24.0 Å². The van der Waals surface area contributed by atoms with E-state index in [1.165, 1.54) is 0 Å². The first-order chi connectivity index (χ1) is 13.0. The highest BCUT2D eigenvalue weighted by atomic mass is 16.4. The number of carbonyl (C=O) groups is 5. The Morgan fingerprint density at radius 2 is 0.857 bits per heavy atom. The van der Waals surface area contributed by atoms with Gasteiger partial charge in [0.1, 0.15) is 5.78 Å². The number of hydrogen-bond acceptors (Lipinski definition) is 5. The molecule has 1 fully saturated rings. The molecule has 0 saturated heterocycles. The molecule has 0 heterocycles. The van der Waals surface area contributed by atoms with Crippen LogP contribution in [0.2, 0.25) is 0 Å². The van der Waals surface area contributed by atoms with Crippen molar-refractivity contribution >= 4 is 29.7 Å². The molecule has 0 aromatic carbocycles. The van der Waals surface area contributed by atoms with E-state index in [0.717, 1.165) is 0 Å². The van der Waals surface area contributed by atoms with Gasteiger partial charge in [-0.15, -0.1) is 0 Å². The Bertz CT molecular complexity index is 535. The molecule has 0 bridgehead atoms. The average molecular weight is 400 g/mol. The predicted octanol–water partition coefficient (Wildman–Crippen LogP) is 2.56. The van der Waals surface area contributed by atoms with Crippen molar-refractivity contribution in [2.24, 2.45) is 10.8 Å². The van der Waals surface area contributed by atoms with E-state index in [4.69, 9.17) is 20.4 Å². The summed E-state index contributed by atoms with van der Waals surface area (Å²) in [5.41, 5.74) is -2.38. The maximum atomic E-state index is 13.7. The zero-order valence-electron chi connectivity index (χ0n) is 15.8. The topological polar surface area (TPSA) is 166 Å². The Morgan fingerprint density at radius 3 is 1.07 bits per heavy atom. The Labute approximate surface area is 162 Å². The number of Topliss-reactive ketones (excluding diaryl/α,β-unsaturated/α-hetero) is 1. The van der Waals surface area contributed by atoms with Gasteiger partial charge in [-0.1, -0.05) is 12.8 Å². The average Bonchev–Trinajstić information content (AvgIpc) is 2.73. The lowest BCUT2D eigenvalue weighted by Crippen LogP contribution is -2.44. The molecule has 28 heavy (non-hydrogen) atoms. The van der Waals surface area contributed by atoms with E-state index in [9.17, 15) is 24.0 Å². The van der Waals surface area contributed by atoms with Gasteiger partial charge in [-0.05, 0) is 38.5 Å². The molecule has 1 rings (SSSR count). The third-order valence-electron chi connectivity index (χ3n) is 5.79. The van der Waals surface area contributed by atoms with Gasteiger partial charge in [0.2, 0.25) is 0 Å². The molecule has 1 aliphatic carbocycles. The van der Waals surface area contributed by atoms with Gasteiger partial charge in [0.05, 0.1) is 0 Å². The highest BCUT2D eigenvalue weighted by Crippen LogP contribution is 2.51. The lowest BCUT2D eigenvalue weighted by molar-refractivity contribution is -0.146. The van der Waals surface area contributed by atoms with Gasteiger partial charge in [0.25, 0.3) is 0 Å². The van der Waals surface area contributed by atoms with E-state index in [2.05, 4.69) is 0 Å². The molecular weight excluding hydrogens is 372 g/mol. The van der Waals surface area contributed by atoms with Crippen LogP contribution in [0.15, 0.2) is 0 Å². The van der Waals surface area contributed by atoms with Crippen LogP contribution in [0.25, 0.3) is 0 Å². The third kappa shape index (κ3) is 6.61. The molecule has 0 aromatic rings. The van der Waals surface area contributed by atoms with Crippen molar-refractivity contribution in [2.45, 2.75) is 77.0 Å². The number of ketones is 1. The Balaban J connectivity index is 3.32. The SMILES string of the molecule is O=C(O)CCC1(CCC(=O)O)CCCCC(CCC(=O)O)(CCC(=O)O)C1=O. The van der Waals surface area contributed by atoms with Crippen molar-refractivity contribution in [2.75, 3.05) is 0 Å². The molecular formula is C19H28O9. The maximum absolute atomic E-state index is 13.7. The van der Waals surface area contributed by atoms with Crippen LogP contribution in [0.3, 0.4) is 0 Å². The molecule has 1 saturated carbocycles. The minimum Gasteiger partial charge on any atom is -0.481 e. The maximum Gasteiger partial charge on any atom is 0.303 e. The highest BCUT2D eigenvalue weighted by Gasteiger charge is 2.51. The summed E-state index contributed by atoms with van der Waals surface area (Å²) in [7, 11) is 0. The first-order valence-corrected chi connectivity index (χ1v) is 9.45.